The molecule has 1 unspecified atom stereocenters. The van der Waals surface area contributed by atoms with E-state index in [1.165, 1.54) is 36.6 Å². The van der Waals surface area contributed by atoms with Crippen molar-refractivity contribution in [3.63, 3.8) is 0 Å². The van der Waals surface area contributed by atoms with Crippen molar-refractivity contribution in [1.82, 2.24) is 5.32 Å². The summed E-state index contributed by atoms with van der Waals surface area (Å²) in [6, 6.07) is 7.42. The Morgan fingerprint density at radius 2 is 2.14 bits per heavy atom. The van der Waals surface area contributed by atoms with Crippen molar-refractivity contribution in [3.8, 4) is 5.75 Å². The molecule has 0 fully saturated rings. The number of nitrogens with one attached hydrogen (secondary N) is 1. The average molecular weight is 341 g/mol. The molecule has 6 nitrogen and oxygen atoms in total. The van der Waals surface area contributed by atoms with E-state index in [0.717, 1.165) is 4.88 Å². The molecular formula is C14H13ClN2O4S. The normalized spacial score (nSPS) is 11.8. The highest BCUT2D eigenvalue weighted by molar-refractivity contribution is 7.16. The summed E-state index contributed by atoms with van der Waals surface area (Å²) in [5, 5.41) is 13.8. The van der Waals surface area contributed by atoms with Gasteiger partial charge in [0.15, 0.2) is 5.75 Å². The summed E-state index contributed by atoms with van der Waals surface area (Å²) < 4.78 is 5.54. The van der Waals surface area contributed by atoms with Crippen LogP contribution in [0.3, 0.4) is 0 Å². The maximum atomic E-state index is 12.2. The van der Waals surface area contributed by atoms with Crippen molar-refractivity contribution < 1.29 is 14.5 Å². The molecule has 0 saturated carbocycles. The van der Waals surface area contributed by atoms with E-state index in [2.05, 4.69) is 5.32 Å². The lowest BCUT2D eigenvalue weighted by Gasteiger charge is -2.12. The minimum atomic E-state index is -0.585. The van der Waals surface area contributed by atoms with Gasteiger partial charge in [0.2, 0.25) is 0 Å². The van der Waals surface area contributed by atoms with Gasteiger partial charge in [-0.3, -0.25) is 14.9 Å². The lowest BCUT2D eigenvalue weighted by molar-refractivity contribution is -0.385. The lowest BCUT2D eigenvalue weighted by atomic mass is 10.1. The van der Waals surface area contributed by atoms with Gasteiger partial charge in [-0.25, -0.2) is 0 Å². The van der Waals surface area contributed by atoms with E-state index in [1.807, 2.05) is 13.0 Å². The van der Waals surface area contributed by atoms with Crippen LogP contribution in [0.25, 0.3) is 0 Å². The van der Waals surface area contributed by atoms with Crippen LogP contribution in [-0.4, -0.2) is 17.9 Å². The first-order valence-corrected chi connectivity index (χ1v) is 7.50. The number of hydrogen-bond donors (Lipinski definition) is 1. The molecule has 0 aliphatic rings. The molecule has 0 radical (unpaired) electrons. The van der Waals surface area contributed by atoms with Gasteiger partial charge in [0.25, 0.3) is 5.91 Å². The fourth-order valence-corrected chi connectivity index (χ4v) is 2.95. The summed E-state index contributed by atoms with van der Waals surface area (Å²) in [6.45, 7) is 1.82. The molecule has 8 heteroatoms. The molecule has 1 atom stereocenters. The van der Waals surface area contributed by atoms with Crippen molar-refractivity contribution >= 4 is 34.5 Å². The first kappa shape index (κ1) is 16.3. The standard InChI is InChI=1S/C14H13ClN2O4S/c1-8(12-5-6-13(15)22-12)16-14(18)9-3-4-11(21-2)10(7-9)17(19)20/h3-8H,1-2H3,(H,16,18). The van der Waals surface area contributed by atoms with E-state index >= 15 is 0 Å². The number of benzene rings is 1. The maximum absolute atomic E-state index is 12.2. The fourth-order valence-electron chi connectivity index (χ4n) is 1.89. The minimum absolute atomic E-state index is 0.111. The minimum Gasteiger partial charge on any atom is -0.490 e. The third-order valence-corrected chi connectivity index (χ3v) is 4.42. The summed E-state index contributed by atoms with van der Waals surface area (Å²) in [6.07, 6.45) is 0. The van der Waals surface area contributed by atoms with Crippen LogP contribution >= 0.6 is 22.9 Å². The molecule has 22 heavy (non-hydrogen) atoms. The van der Waals surface area contributed by atoms with Crippen molar-refractivity contribution in [2.45, 2.75) is 13.0 Å². The van der Waals surface area contributed by atoms with Gasteiger partial charge in [0.05, 0.1) is 22.4 Å². The van der Waals surface area contributed by atoms with E-state index in [-0.39, 0.29) is 23.0 Å². The van der Waals surface area contributed by atoms with Crippen LogP contribution in [0.1, 0.15) is 28.2 Å². The molecule has 2 rings (SSSR count). The average Bonchev–Trinajstić information content (AvgIpc) is 2.93. The summed E-state index contributed by atoms with van der Waals surface area (Å²) in [5.41, 5.74) is -0.0519. The number of nitro benzene ring substituents is 1. The Balaban J connectivity index is 2.19. The van der Waals surface area contributed by atoms with Crippen molar-refractivity contribution in [2.24, 2.45) is 0 Å². The van der Waals surface area contributed by atoms with Crippen LogP contribution in [0.2, 0.25) is 4.34 Å². The highest BCUT2D eigenvalue weighted by Crippen LogP contribution is 2.29. The SMILES string of the molecule is COc1ccc(C(=O)NC(C)c2ccc(Cl)s2)cc1[N+](=O)[O-]. The smallest absolute Gasteiger partial charge is 0.311 e. The van der Waals surface area contributed by atoms with Crippen LogP contribution in [-0.2, 0) is 0 Å². The monoisotopic (exact) mass is 340 g/mol. The highest BCUT2D eigenvalue weighted by atomic mass is 35.5. The summed E-state index contributed by atoms with van der Waals surface area (Å²) >= 11 is 7.23. The van der Waals surface area contributed by atoms with Gasteiger partial charge in [-0.05, 0) is 31.2 Å². The molecule has 1 amide bonds. The Kier molecular flexibility index (Phi) is 4.99. The van der Waals surface area contributed by atoms with E-state index in [4.69, 9.17) is 16.3 Å². The molecule has 1 aromatic heterocycles. The zero-order chi connectivity index (χ0) is 16.3. The zero-order valence-electron chi connectivity index (χ0n) is 11.8. The first-order chi connectivity index (χ1) is 10.4. The lowest BCUT2D eigenvalue weighted by Crippen LogP contribution is -2.26. The Hall–Kier alpha value is -2.12. The van der Waals surface area contributed by atoms with Gasteiger partial charge in [0.1, 0.15) is 0 Å². The summed E-state index contributed by atoms with van der Waals surface area (Å²) in [4.78, 5) is 23.5. The summed E-state index contributed by atoms with van der Waals surface area (Å²) in [7, 11) is 1.34. The third-order valence-electron chi connectivity index (χ3n) is 3.01. The second-order valence-corrected chi connectivity index (χ2v) is 6.23. The van der Waals surface area contributed by atoms with Crippen molar-refractivity contribution in [2.75, 3.05) is 7.11 Å². The first-order valence-electron chi connectivity index (χ1n) is 6.31. The number of methoxy groups -OCH3 is 1. The van der Waals surface area contributed by atoms with Gasteiger partial charge < -0.3 is 10.1 Å². The topological polar surface area (TPSA) is 81.5 Å². The van der Waals surface area contributed by atoms with Gasteiger partial charge in [0, 0.05) is 16.5 Å². The van der Waals surface area contributed by atoms with Gasteiger partial charge in [-0.2, -0.15) is 0 Å². The Labute approximate surface area is 135 Å². The molecule has 0 spiro atoms. The van der Waals surface area contributed by atoms with Gasteiger partial charge >= 0.3 is 5.69 Å². The van der Waals surface area contributed by atoms with E-state index in [9.17, 15) is 14.9 Å². The highest BCUT2D eigenvalue weighted by Gasteiger charge is 2.19. The van der Waals surface area contributed by atoms with Crippen LogP contribution < -0.4 is 10.1 Å². The number of rotatable bonds is 5. The molecule has 1 heterocycles. The molecule has 0 bridgehead atoms. The Morgan fingerprint density at radius 3 is 2.68 bits per heavy atom. The van der Waals surface area contributed by atoms with E-state index < -0.39 is 10.8 Å². The number of nitro groups is 1. The number of hydrogen-bond acceptors (Lipinski definition) is 5. The number of carbonyl (C=O) groups excluding carboxylic acids is 1. The molecule has 1 aromatic carbocycles. The van der Waals surface area contributed by atoms with Gasteiger partial charge in [-0.15, -0.1) is 11.3 Å². The number of thiophene rings is 1. The molecule has 2 aromatic rings. The predicted octanol–water partition coefficient (Wildman–Crippen LogP) is 3.81. The quantitative estimate of drug-likeness (QED) is 0.662. The molecule has 0 aliphatic carbocycles. The van der Waals surface area contributed by atoms with Crippen LogP contribution in [0.4, 0.5) is 5.69 Å². The molecule has 116 valence electrons. The zero-order valence-corrected chi connectivity index (χ0v) is 13.4. The number of carbonyl (C=O) groups is 1. The Morgan fingerprint density at radius 1 is 1.41 bits per heavy atom. The predicted molar refractivity (Wildman–Crippen MR) is 84.9 cm³/mol. The second kappa shape index (κ2) is 6.76. The van der Waals surface area contributed by atoms with Crippen molar-refractivity contribution in [3.05, 3.63) is 55.2 Å². The van der Waals surface area contributed by atoms with Gasteiger partial charge in [-0.1, -0.05) is 11.6 Å². The molecule has 1 N–H and O–H groups in total. The number of ether oxygens (including phenoxy) is 1. The number of amides is 1. The summed E-state index contributed by atoms with van der Waals surface area (Å²) in [5.74, 6) is -0.289. The van der Waals surface area contributed by atoms with Crippen LogP contribution in [0, 0.1) is 10.1 Å². The molecule has 0 aliphatic heterocycles. The molecule has 0 saturated heterocycles. The fraction of sp³-hybridized carbons (Fsp3) is 0.214. The Bertz CT molecular complexity index is 717. The van der Waals surface area contributed by atoms with Crippen LogP contribution in [0.15, 0.2) is 30.3 Å². The van der Waals surface area contributed by atoms with Crippen molar-refractivity contribution in [1.29, 1.82) is 0 Å². The van der Waals surface area contributed by atoms with E-state index in [1.54, 1.807) is 6.07 Å². The second-order valence-electron chi connectivity index (χ2n) is 4.48. The maximum Gasteiger partial charge on any atom is 0.311 e. The van der Waals surface area contributed by atoms with E-state index in [0.29, 0.717) is 4.34 Å². The number of halogens is 1. The number of nitrogens with zero attached hydrogens (tertiary/aromatic N) is 1. The largest absolute Gasteiger partial charge is 0.490 e. The van der Waals surface area contributed by atoms with Crippen LogP contribution in [0.5, 0.6) is 5.75 Å². The molecular weight excluding hydrogens is 328 g/mol. The third kappa shape index (κ3) is 3.55.